The van der Waals surface area contributed by atoms with Gasteiger partial charge in [0.05, 0.1) is 0 Å². The van der Waals surface area contributed by atoms with Crippen LogP contribution in [0.4, 0.5) is 0 Å². The number of likely N-dealkylation sites (N-methyl/N-ethyl adjacent to an activating group) is 2. The summed E-state index contributed by atoms with van der Waals surface area (Å²) in [6.07, 6.45) is 4.44. The van der Waals surface area contributed by atoms with E-state index in [0.29, 0.717) is 0 Å². The van der Waals surface area contributed by atoms with E-state index in [2.05, 4.69) is 34.3 Å². The van der Waals surface area contributed by atoms with Gasteiger partial charge >= 0.3 is 0 Å². The second-order valence-corrected chi connectivity index (χ2v) is 3.63. The van der Waals surface area contributed by atoms with Gasteiger partial charge in [0.2, 0.25) is 0 Å². The summed E-state index contributed by atoms with van der Waals surface area (Å²) in [6.45, 7) is 6.92. The van der Waals surface area contributed by atoms with Gasteiger partial charge in [-0.1, -0.05) is 12.2 Å². The minimum atomic E-state index is 0.980. The Labute approximate surface area is 81.4 Å². The largest absolute Gasteiger partial charge is 0.316 e. The van der Waals surface area contributed by atoms with Crippen LogP contribution in [0, 0.1) is 0 Å². The number of rotatable bonds is 4. The van der Waals surface area contributed by atoms with Crippen LogP contribution in [0.15, 0.2) is 12.2 Å². The topological polar surface area (TPSA) is 18.5 Å². The van der Waals surface area contributed by atoms with Crippen LogP contribution in [0.5, 0.6) is 0 Å². The molecule has 3 heteroatoms. The third-order valence-corrected chi connectivity index (χ3v) is 2.45. The van der Waals surface area contributed by atoms with Crippen LogP contribution in [-0.2, 0) is 0 Å². The Morgan fingerprint density at radius 1 is 1.15 bits per heavy atom. The van der Waals surface area contributed by atoms with Crippen LogP contribution < -0.4 is 5.32 Å². The van der Waals surface area contributed by atoms with E-state index in [4.69, 9.17) is 0 Å². The van der Waals surface area contributed by atoms with Crippen LogP contribution in [0.2, 0.25) is 0 Å². The normalized spacial score (nSPS) is 21.4. The highest BCUT2D eigenvalue weighted by molar-refractivity contribution is 4.87. The van der Waals surface area contributed by atoms with E-state index in [1.54, 1.807) is 0 Å². The van der Waals surface area contributed by atoms with E-state index >= 15 is 0 Å². The number of piperazine rings is 1. The van der Waals surface area contributed by atoms with Gasteiger partial charge < -0.3 is 10.2 Å². The molecule has 1 saturated heterocycles. The van der Waals surface area contributed by atoms with Crippen molar-refractivity contribution >= 4 is 0 Å². The lowest BCUT2D eigenvalue weighted by atomic mass is 10.3. The monoisotopic (exact) mass is 183 g/mol. The van der Waals surface area contributed by atoms with Gasteiger partial charge in [-0.15, -0.1) is 0 Å². The van der Waals surface area contributed by atoms with Crippen molar-refractivity contribution < 1.29 is 0 Å². The summed E-state index contributed by atoms with van der Waals surface area (Å²) >= 11 is 0. The molecule has 0 radical (unpaired) electrons. The molecule has 0 saturated carbocycles. The summed E-state index contributed by atoms with van der Waals surface area (Å²) in [6, 6.07) is 0. The summed E-state index contributed by atoms with van der Waals surface area (Å²) in [5.41, 5.74) is 0. The first-order valence-corrected chi connectivity index (χ1v) is 5.03. The first-order valence-electron chi connectivity index (χ1n) is 5.03. The molecule has 1 aliphatic heterocycles. The molecule has 0 aromatic rings. The Balaban J connectivity index is 2.08. The van der Waals surface area contributed by atoms with E-state index in [9.17, 15) is 0 Å². The van der Waals surface area contributed by atoms with E-state index in [-0.39, 0.29) is 0 Å². The van der Waals surface area contributed by atoms with Gasteiger partial charge in [-0.2, -0.15) is 0 Å². The predicted molar refractivity (Wildman–Crippen MR) is 57.0 cm³/mol. The van der Waals surface area contributed by atoms with Gasteiger partial charge in [-0.25, -0.2) is 0 Å². The lowest BCUT2D eigenvalue weighted by Gasteiger charge is -2.31. The van der Waals surface area contributed by atoms with Crippen LogP contribution >= 0.6 is 0 Å². The highest BCUT2D eigenvalue weighted by atomic mass is 15.2. The molecule has 1 aliphatic rings. The molecule has 0 atom stereocenters. The molecule has 13 heavy (non-hydrogen) atoms. The molecule has 1 N–H and O–H groups in total. The van der Waals surface area contributed by atoms with E-state index in [1.807, 2.05) is 7.05 Å². The maximum atomic E-state index is 3.10. The second-order valence-electron chi connectivity index (χ2n) is 3.63. The quantitative estimate of drug-likeness (QED) is 0.619. The van der Waals surface area contributed by atoms with Gasteiger partial charge in [0.25, 0.3) is 0 Å². The molecule has 1 rings (SSSR count). The van der Waals surface area contributed by atoms with Crippen molar-refractivity contribution in [3.63, 3.8) is 0 Å². The van der Waals surface area contributed by atoms with Gasteiger partial charge in [-0.05, 0) is 14.1 Å². The minimum absolute atomic E-state index is 0.980. The molecule has 76 valence electrons. The number of nitrogens with one attached hydrogen (secondary N) is 1. The zero-order valence-corrected chi connectivity index (χ0v) is 8.79. The van der Waals surface area contributed by atoms with Gasteiger partial charge in [-0.3, -0.25) is 4.90 Å². The molecule has 1 fully saturated rings. The third kappa shape index (κ3) is 4.41. The lowest BCUT2D eigenvalue weighted by molar-refractivity contribution is 0.166. The summed E-state index contributed by atoms with van der Waals surface area (Å²) in [4.78, 5) is 4.87. The molecule has 0 unspecified atom stereocenters. The Bertz CT molecular complexity index is 148. The summed E-state index contributed by atoms with van der Waals surface area (Å²) in [5.74, 6) is 0. The fraction of sp³-hybridized carbons (Fsp3) is 0.800. The molecule has 0 aromatic carbocycles. The van der Waals surface area contributed by atoms with Gasteiger partial charge in [0.1, 0.15) is 0 Å². The number of nitrogens with zero attached hydrogens (tertiary/aromatic N) is 2. The SMILES string of the molecule is CNC/C=C\CN1CCN(C)CC1. The predicted octanol–water partition coefficient (Wildman–Crippen LogP) is 0.00940. The maximum absolute atomic E-state index is 3.10. The lowest BCUT2D eigenvalue weighted by Crippen LogP contribution is -2.44. The highest BCUT2D eigenvalue weighted by Crippen LogP contribution is 1.98. The van der Waals surface area contributed by atoms with Crippen LogP contribution in [-0.4, -0.2) is 63.2 Å². The summed E-state index contributed by atoms with van der Waals surface area (Å²) in [7, 11) is 4.16. The molecule has 0 bridgehead atoms. The highest BCUT2D eigenvalue weighted by Gasteiger charge is 2.11. The fourth-order valence-corrected chi connectivity index (χ4v) is 1.46. The third-order valence-electron chi connectivity index (χ3n) is 2.45. The van der Waals surface area contributed by atoms with Crippen LogP contribution in [0.1, 0.15) is 0 Å². The van der Waals surface area contributed by atoms with Crippen molar-refractivity contribution in [2.45, 2.75) is 0 Å². The van der Waals surface area contributed by atoms with Crippen molar-refractivity contribution in [1.29, 1.82) is 0 Å². The first kappa shape index (κ1) is 10.7. The molecule has 3 nitrogen and oxygen atoms in total. The molecule has 0 aromatic heterocycles. The first-order chi connectivity index (χ1) is 6.33. The number of hydrogen-bond donors (Lipinski definition) is 1. The molecular weight excluding hydrogens is 162 g/mol. The molecule has 0 aliphatic carbocycles. The van der Waals surface area contributed by atoms with E-state index in [1.165, 1.54) is 26.2 Å². The maximum Gasteiger partial charge on any atom is 0.0164 e. The standard InChI is InChI=1S/C10H21N3/c1-11-5-3-4-6-13-9-7-12(2)8-10-13/h3-4,11H,5-10H2,1-2H3/b4-3-. The summed E-state index contributed by atoms with van der Waals surface area (Å²) in [5, 5.41) is 3.10. The second kappa shape index (κ2) is 6.13. The fourth-order valence-electron chi connectivity index (χ4n) is 1.46. The van der Waals surface area contributed by atoms with E-state index in [0.717, 1.165) is 13.1 Å². The van der Waals surface area contributed by atoms with Crippen molar-refractivity contribution in [2.24, 2.45) is 0 Å². The Morgan fingerprint density at radius 2 is 1.85 bits per heavy atom. The smallest absolute Gasteiger partial charge is 0.0164 e. The van der Waals surface area contributed by atoms with Crippen LogP contribution in [0.3, 0.4) is 0 Å². The van der Waals surface area contributed by atoms with Crippen molar-refractivity contribution in [2.75, 3.05) is 53.4 Å². The zero-order chi connectivity index (χ0) is 9.52. The Morgan fingerprint density at radius 3 is 2.46 bits per heavy atom. The Hall–Kier alpha value is -0.380. The molecule has 0 amide bonds. The zero-order valence-electron chi connectivity index (χ0n) is 8.79. The van der Waals surface area contributed by atoms with Gasteiger partial charge in [0, 0.05) is 39.3 Å². The number of hydrogen-bond acceptors (Lipinski definition) is 3. The van der Waals surface area contributed by atoms with E-state index < -0.39 is 0 Å². The van der Waals surface area contributed by atoms with Crippen molar-refractivity contribution in [3.8, 4) is 0 Å². The summed E-state index contributed by atoms with van der Waals surface area (Å²) < 4.78 is 0. The minimum Gasteiger partial charge on any atom is -0.316 e. The average molecular weight is 183 g/mol. The van der Waals surface area contributed by atoms with Gasteiger partial charge in [0.15, 0.2) is 0 Å². The van der Waals surface area contributed by atoms with Crippen LogP contribution in [0.25, 0.3) is 0 Å². The Kier molecular flexibility index (Phi) is 5.05. The van der Waals surface area contributed by atoms with Crippen molar-refractivity contribution in [3.05, 3.63) is 12.2 Å². The molecule has 0 spiro atoms. The van der Waals surface area contributed by atoms with Crippen molar-refractivity contribution in [1.82, 2.24) is 15.1 Å². The molecule has 1 heterocycles. The average Bonchev–Trinajstić information content (AvgIpc) is 2.15. The molecular formula is C10H21N3.